The van der Waals surface area contributed by atoms with Crippen molar-refractivity contribution in [3.63, 3.8) is 0 Å². The summed E-state index contributed by atoms with van der Waals surface area (Å²) in [6.45, 7) is 6.64. The molecule has 1 aromatic heterocycles. The van der Waals surface area contributed by atoms with Gasteiger partial charge in [0.15, 0.2) is 11.7 Å². The normalized spacial score (nSPS) is 14.7. The number of nitrogens with one attached hydrogen (secondary N) is 2. The largest absolute Gasteiger partial charge is 0.348 e. The number of carbonyl (C=O) groups excluding carboxylic acids is 2. The number of aromatic nitrogens is 1. The highest BCUT2D eigenvalue weighted by Gasteiger charge is 2.25. The molecule has 2 amide bonds. The van der Waals surface area contributed by atoms with E-state index in [-0.39, 0.29) is 11.8 Å². The Hall–Kier alpha value is -2.25. The van der Waals surface area contributed by atoms with Crippen molar-refractivity contribution < 1.29 is 14.5 Å². The number of nitrogens with zero attached hydrogens (tertiary/aromatic N) is 2. The van der Waals surface area contributed by atoms with Crippen LogP contribution in [0.5, 0.6) is 0 Å². The fourth-order valence-corrected chi connectivity index (χ4v) is 4.05. The first-order valence-electron chi connectivity index (χ1n) is 9.27. The van der Waals surface area contributed by atoms with Gasteiger partial charge < -0.3 is 10.2 Å². The SMILES string of the molecule is CC(=O)N(c1nc(C[NH+](C)CC(=O)NC2CC2)cs1)c1c(C)cccc1C. The number of carbonyl (C=O) groups is 2. The lowest BCUT2D eigenvalue weighted by Gasteiger charge is -2.22. The Morgan fingerprint density at radius 2 is 1.96 bits per heavy atom. The summed E-state index contributed by atoms with van der Waals surface area (Å²) in [6, 6.07) is 6.38. The van der Waals surface area contributed by atoms with E-state index in [1.165, 1.54) is 11.3 Å². The van der Waals surface area contributed by atoms with Crippen LogP contribution in [0.3, 0.4) is 0 Å². The van der Waals surface area contributed by atoms with Gasteiger partial charge in [0.1, 0.15) is 12.2 Å². The Balaban J connectivity index is 1.72. The number of hydrogen-bond donors (Lipinski definition) is 2. The number of anilines is 2. The van der Waals surface area contributed by atoms with Crippen LogP contribution in [0, 0.1) is 13.8 Å². The van der Waals surface area contributed by atoms with Crippen molar-refractivity contribution in [2.75, 3.05) is 18.5 Å². The lowest BCUT2D eigenvalue weighted by molar-refractivity contribution is -0.885. The summed E-state index contributed by atoms with van der Waals surface area (Å²) in [5, 5.41) is 5.66. The number of para-hydroxylation sites is 1. The van der Waals surface area contributed by atoms with Crippen LogP contribution in [0.2, 0.25) is 0 Å². The van der Waals surface area contributed by atoms with Gasteiger partial charge in [-0.2, -0.15) is 0 Å². The quantitative estimate of drug-likeness (QED) is 0.761. The van der Waals surface area contributed by atoms with Crippen LogP contribution in [-0.2, 0) is 16.1 Å². The minimum atomic E-state index is -0.0576. The molecule has 3 rings (SSSR count). The number of rotatable bonds is 7. The first-order chi connectivity index (χ1) is 12.8. The molecule has 2 aromatic rings. The Labute approximate surface area is 164 Å². The van der Waals surface area contributed by atoms with Gasteiger partial charge in [0.2, 0.25) is 5.91 Å². The lowest BCUT2D eigenvalue weighted by Crippen LogP contribution is -3.09. The van der Waals surface area contributed by atoms with Gasteiger partial charge in [-0.05, 0) is 37.8 Å². The van der Waals surface area contributed by atoms with E-state index in [1.54, 1.807) is 11.8 Å². The highest BCUT2D eigenvalue weighted by Crippen LogP contribution is 2.33. The highest BCUT2D eigenvalue weighted by atomic mass is 32.1. The molecule has 2 N–H and O–H groups in total. The molecule has 7 heteroatoms. The van der Waals surface area contributed by atoms with Gasteiger partial charge in [0.25, 0.3) is 5.91 Å². The van der Waals surface area contributed by atoms with Crippen LogP contribution in [-0.4, -0.2) is 36.4 Å². The summed E-state index contributed by atoms with van der Waals surface area (Å²) in [6.07, 6.45) is 2.19. The van der Waals surface area contributed by atoms with Crippen molar-refractivity contribution in [1.29, 1.82) is 0 Å². The van der Waals surface area contributed by atoms with E-state index in [4.69, 9.17) is 0 Å². The van der Waals surface area contributed by atoms with E-state index in [2.05, 4.69) is 10.3 Å². The molecule has 1 atom stereocenters. The van der Waals surface area contributed by atoms with E-state index < -0.39 is 0 Å². The minimum Gasteiger partial charge on any atom is -0.348 e. The number of aryl methyl sites for hydroxylation is 2. The zero-order chi connectivity index (χ0) is 19.6. The number of hydrogen-bond acceptors (Lipinski definition) is 4. The smallest absolute Gasteiger partial charge is 0.275 e. The first-order valence-corrected chi connectivity index (χ1v) is 10.1. The topological polar surface area (TPSA) is 66.7 Å². The standard InChI is InChI=1S/C20H26N4O2S/c1-13-6-5-7-14(2)19(13)24(15(3)25)20-22-17(12-27-20)10-23(4)11-18(26)21-16-8-9-16/h5-7,12,16H,8-11H2,1-4H3,(H,21,26)/p+1. The monoisotopic (exact) mass is 387 g/mol. The number of likely N-dealkylation sites (N-methyl/N-ethyl adjacent to an activating group) is 1. The van der Waals surface area contributed by atoms with Gasteiger partial charge in [-0.3, -0.25) is 14.5 Å². The molecule has 1 aliphatic rings. The van der Waals surface area contributed by atoms with Gasteiger partial charge in [-0.1, -0.05) is 18.2 Å². The van der Waals surface area contributed by atoms with Gasteiger partial charge >= 0.3 is 0 Å². The summed E-state index contributed by atoms with van der Waals surface area (Å²) in [5.41, 5.74) is 3.88. The van der Waals surface area contributed by atoms with Crippen molar-refractivity contribution in [2.24, 2.45) is 0 Å². The van der Waals surface area contributed by atoms with E-state index >= 15 is 0 Å². The summed E-state index contributed by atoms with van der Waals surface area (Å²) < 4.78 is 0. The number of benzene rings is 1. The molecule has 144 valence electrons. The molecule has 1 aromatic carbocycles. The number of thiazole rings is 1. The summed E-state index contributed by atoms with van der Waals surface area (Å²) in [4.78, 5) is 31.8. The van der Waals surface area contributed by atoms with Crippen molar-refractivity contribution in [3.05, 3.63) is 40.4 Å². The van der Waals surface area contributed by atoms with Crippen molar-refractivity contribution in [3.8, 4) is 0 Å². The fraction of sp³-hybridized carbons (Fsp3) is 0.450. The summed E-state index contributed by atoms with van der Waals surface area (Å²) >= 11 is 1.46. The average molecular weight is 388 g/mol. The van der Waals surface area contributed by atoms with Crippen LogP contribution in [0.15, 0.2) is 23.6 Å². The van der Waals surface area contributed by atoms with Crippen molar-refractivity contribution >= 4 is 34.0 Å². The Morgan fingerprint density at radius 1 is 1.30 bits per heavy atom. The molecule has 0 aliphatic heterocycles. The number of quaternary nitrogens is 1. The van der Waals surface area contributed by atoms with Crippen LogP contribution in [0.25, 0.3) is 0 Å². The van der Waals surface area contributed by atoms with E-state index in [0.717, 1.165) is 40.2 Å². The van der Waals surface area contributed by atoms with Gasteiger partial charge in [-0.25, -0.2) is 4.98 Å². The van der Waals surface area contributed by atoms with Crippen LogP contribution >= 0.6 is 11.3 Å². The summed E-state index contributed by atoms with van der Waals surface area (Å²) in [5.74, 6) is 0.0316. The molecule has 27 heavy (non-hydrogen) atoms. The molecule has 1 unspecified atom stereocenters. The van der Waals surface area contributed by atoms with Crippen LogP contribution < -0.4 is 15.1 Å². The molecule has 1 saturated carbocycles. The highest BCUT2D eigenvalue weighted by molar-refractivity contribution is 7.14. The van der Waals surface area contributed by atoms with Crippen LogP contribution in [0.4, 0.5) is 10.8 Å². The van der Waals surface area contributed by atoms with Crippen molar-refractivity contribution in [1.82, 2.24) is 10.3 Å². The van der Waals surface area contributed by atoms with Gasteiger partial charge in [0.05, 0.1) is 12.7 Å². The molecule has 1 heterocycles. The maximum Gasteiger partial charge on any atom is 0.275 e. The number of amides is 2. The second-order valence-electron chi connectivity index (χ2n) is 7.37. The van der Waals surface area contributed by atoms with Gasteiger partial charge in [0, 0.05) is 18.3 Å². The molecule has 0 bridgehead atoms. The third kappa shape index (κ3) is 4.93. The average Bonchev–Trinajstić information content (AvgIpc) is 3.27. The zero-order valence-electron chi connectivity index (χ0n) is 16.3. The Morgan fingerprint density at radius 3 is 2.56 bits per heavy atom. The van der Waals surface area contributed by atoms with Gasteiger partial charge in [-0.15, -0.1) is 11.3 Å². The lowest BCUT2D eigenvalue weighted by atomic mass is 10.1. The molecule has 0 radical (unpaired) electrons. The van der Waals surface area contributed by atoms with E-state index in [1.807, 2.05) is 44.5 Å². The van der Waals surface area contributed by atoms with E-state index in [9.17, 15) is 9.59 Å². The second kappa shape index (κ2) is 8.19. The third-order valence-corrected chi connectivity index (χ3v) is 5.47. The fourth-order valence-electron chi connectivity index (χ4n) is 3.18. The molecule has 0 saturated heterocycles. The molecule has 1 aliphatic carbocycles. The predicted octanol–water partition coefficient (Wildman–Crippen LogP) is 1.74. The molecule has 0 spiro atoms. The van der Waals surface area contributed by atoms with Crippen LogP contribution in [0.1, 0.15) is 36.6 Å². The summed E-state index contributed by atoms with van der Waals surface area (Å²) in [7, 11) is 1.99. The second-order valence-corrected chi connectivity index (χ2v) is 8.21. The van der Waals surface area contributed by atoms with Crippen molar-refractivity contribution in [2.45, 2.75) is 46.2 Å². The minimum absolute atomic E-state index is 0.0576. The molecule has 1 fully saturated rings. The molecular weight excluding hydrogens is 360 g/mol. The molecule has 6 nitrogen and oxygen atoms in total. The van der Waals surface area contributed by atoms with E-state index in [0.29, 0.717) is 24.3 Å². The third-order valence-electron chi connectivity index (χ3n) is 4.60. The molecular formula is C20H27N4O2S+. The predicted molar refractivity (Wildman–Crippen MR) is 107 cm³/mol. The zero-order valence-corrected chi connectivity index (χ0v) is 17.2. The maximum atomic E-state index is 12.4. The Kier molecular flexibility index (Phi) is 5.92. The maximum absolute atomic E-state index is 12.4. The first kappa shape index (κ1) is 19.5. The Bertz CT molecular complexity index is 824.